The van der Waals surface area contributed by atoms with Gasteiger partial charge in [0.05, 0.1) is 54.1 Å². The number of hydrogen-bond acceptors (Lipinski definition) is 13. The van der Waals surface area contributed by atoms with E-state index in [0.717, 1.165) is 6.26 Å². The molecule has 3 aliphatic rings. The van der Waals surface area contributed by atoms with E-state index in [9.17, 15) is 38.4 Å². The van der Waals surface area contributed by atoms with Crippen molar-refractivity contribution in [2.75, 3.05) is 13.4 Å². The predicted octanol–water partition coefficient (Wildman–Crippen LogP) is 0.365. The zero-order chi connectivity index (χ0) is 31.6. The number of rotatable bonds is 6. The van der Waals surface area contributed by atoms with Gasteiger partial charge in [0.1, 0.15) is 22.8 Å². The van der Waals surface area contributed by atoms with Crippen LogP contribution >= 0.6 is 0 Å². The van der Waals surface area contributed by atoms with Gasteiger partial charge < -0.3 is 40.4 Å². The van der Waals surface area contributed by atoms with Gasteiger partial charge in [-0.2, -0.15) is 5.10 Å². The summed E-state index contributed by atoms with van der Waals surface area (Å²) < 4.78 is 40.6. The van der Waals surface area contributed by atoms with Crippen molar-refractivity contribution in [2.45, 2.75) is 69.4 Å². The van der Waals surface area contributed by atoms with Crippen LogP contribution in [-0.4, -0.2) is 89.6 Å². The van der Waals surface area contributed by atoms with E-state index >= 15 is 0 Å². The minimum Gasteiger partial charge on any atom is -0.507 e. The Balaban J connectivity index is 1.69. The second-order valence-electron chi connectivity index (χ2n) is 11.1. The number of carbonyl (C=O) groups excluding carboxylic acids is 2. The van der Waals surface area contributed by atoms with Crippen molar-refractivity contribution in [2.24, 2.45) is 10.8 Å². The number of fused-ring (bicyclic) bond motifs is 3. The van der Waals surface area contributed by atoms with Crippen molar-refractivity contribution < 1.29 is 52.6 Å². The lowest BCUT2D eigenvalue weighted by atomic mass is 9.72. The van der Waals surface area contributed by atoms with Gasteiger partial charge >= 0.3 is 0 Å². The molecule has 0 aromatic heterocycles. The molecule has 2 aromatic carbocycles. The van der Waals surface area contributed by atoms with Gasteiger partial charge in [0, 0.05) is 42.0 Å². The molecule has 1 saturated heterocycles. The number of phenolic OH excluding ortho intramolecular Hbond substituents is 2. The third-order valence-corrected chi connectivity index (χ3v) is 8.62. The molecular weight excluding hydrogens is 586 g/mol. The highest BCUT2D eigenvalue weighted by Gasteiger charge is 2.49. The van der Waals surface area contributed by atoms with Gasteiger partial charge in [0.15, 0.2) is 12.1 Å². The van der Waals surface area contributed by atoms with E-state index in [1.54, 1.807) is 6.92 Å². The topological polar surface area (TPSA) is 227 Å². The van der Waals surface area contributed by atoms with Gasteiger partial charge in [0.2, 0.25) is 15.8 Å². The first-order valence-corrected chi connectivity index (χ1v) is 15.3. The van der Waals surface area contributed by atoms with Crippen LogP contribution in [0.1, 0.15) is 75.8 Å². The van der Waals surface area contributed by atoms with Crippen molar-refractivity contribution in [3.05, 3.63) is 51.6 Å². The molecule has 0 radical (unpaired) electrons. The van der Waals surface area contributed by atoms with Crippen LogP contribution in [0.15, 0.2) is 23.3 Å². The van der Waals surface area contributed by atoms with Gasteiger partial charge in [-0.3, -0.25) is 9.59 Å². The molecule has 2 aliphatic carbocycles. The first-order valence-electron chi connectivity index (χ1n) is 13.4. The Morgan fingerprint density at radius 2 is 1.84 bits per heavy atom. The highest BCUT2D eigenvalue weighted by Crippen LogP contribution is 2.52. The number of carbonyl (C=O) groups is 2. The Bertz CT molecular complexity index is 1650. The SMILES string of the molecule is COc1cccc2c1C(=O)c1c(O)c3c(c(O)c1C2=O)C[C@@](O)(/C(C)=N\NS(C)(=O)=O)C[C@H]3O[C@H]1C[C@@H](N)[C@@H](O)[C@H](C)O1. The summed E-state index contributed by atoms with van der Waals surface area (Å²) in [6.07, 6.45) is -3.89. The van der Waals surface area contributed by atoms with E-state index in [-0.39, 0.29) is 46.6 Å². The number of sulfonamides is 1. The van der Waals surface area contributed by atoms with Crippen molar-refractivity contribution in [1.82, 2.24) is 4.83 Å². The fourth-order valence-electron chi connectivity index (χ4n) is 5.92. The lowest BCUT2D eigenvalue weighted by Crippen LogP contribution is -2.52. The summed E-state index contributed by atoms with van der Waals surface area (Å²) in [5.74, 6) is -2.71. The molecule has 0 bridgehead atoms. The second kappa shape index (κ2) is 10.8. The summed E-state index contributed by atoms with van der Waals surface area (Å²) in [5.41, 5.74) is 2.79. The largest absolute Gasteiger partial charge is 0.507 e. The standard InChI is InChI=1S/C28H33N3O11S/c1-11-23(32)15(29)8-18(41-11)42-17-10-28(37,12(2)30-31-43(4,38)39)9-14-20(17)27(36)22-21(25(14)34)24(33)13-6-5-7-16(40-3)19(13)26(22)35/h5-7,11,15,17-18,23,31-32,34,36-37H,8-10,29H2,1-4H3/b30-12-/t11-,15+,17+,18-,23-,28-/m0/s1. The second-order valence-corrected chi connectivity index (χ2v) is 12.9. The van der Waals surface area contributed by atoms with Crippen LogP contribution in [0.2, 0.25) is 0 Å². The number of nitrogens with two attached hydrogens (primary N) is 1. The third-order valence-electron chi connectivity index (χ3n) is 8.20. The molecule has 43 heavy (non-hydrogen) atoms. The summed E-state index contributed by atoms with van der Waals surface area (Å²) >= 11 is 0. The Morgan fingerprint density at radius 3 is 2.47 bits per heavy atom. The summed E-state index contributed by atoms with van der Waals surface area (Å²) in [7, 11) is -2.47. The maximum atomic E-state index is 13.8. The minimum atomic E-state index is -3.79. The number of aromatic hydroxyl groups is 2. The van der Waals surface area contributed by atoms with E-state index in [1.807, 2.05) is 4.83 Å². The van der Waals surface area contributed by atoms with Crippen LogP contribution in [0, 0.1) is 0 Å². The Kier molecular flexibility index (Phi) is 7.77. The summed E-state index contributed by atoms with van der Waals surface area (Å²) in [4.78, 5) is 29.4. The highest BCUT2D eigenvalue weighted by atomic mass is 32.2. The average molecular weight is 620 g/mol. The van der Waals surface area contributed by atoms with Crippen molar-refractivity contribution >= 4 is 27.3 Å². The number of methoxy groups -OCH3 is 1. The molecule has 0 spiro atoms. The molecule has 1 heterocycles. The maximum absolute atomic E-state index is 13.8. The van der Waals surface area contributed by atoms with Crippen molar-refractivity contribution in [1.29, 1.82) is 0 Å². The van der Waals surface area contributed by atoms with Gasteiger partial charge in [-0.05, 0) is 19.9 Å². The number of nitrogens with one attached hydrogen (secondary N) is 1. The minimum absolute atomic E-state index is 0.0259. The summed E-state index contributed by atoms with van der Waals surface area (Å²) in [6, 6.07) is 3.66. The molecule has 0 unspecified atom stereocenters. The van der Waals surface area contributed by atoms with Crippen LogP contribution in [0.25, 0.3) is 0 Å². The van der Waals surface area contributed by atoms with Gasteiger partial charge in [-0.25, -0.2) is 13.2 Å². The molecule has 0 saturated carbocycles. The van der Waals surface area contributed by atoms with Gasteiger partial charge in [-0.1, -0.05) is 12.1 Å². The Labute approximate surface area is 247 Å². The molecular formula is C28H33N3O11S. The van der Waals surface area contributed by atoms with Crippen LogP contribution < -0.4 is 15.3 Å². The average Bonchev–Trinajstić information content (AvgIpc) is 2.94. The van der Waals surface area contributed by atoms with E-state index in [0.29, 0.717) is 0 Å². The van der Waals surface area contributed by atoms with Crippen LogP contribution in [-0.2, 0) is 25.9 Å². The highest BCUT2D eigenvalue weighted by molar-refractivity contribution is 7.88. The molecule has 5 rings (SSSR count). The number of ketones is 2. The van der Waals surface area contributed by atoms with E-state index in [2.05, 4.69) is 5.10 Å². The van der Waals surface area contributed by atoms with Crippen molar-refractivity contribution in [3.63, 3.8) is 0 Å². The molecule has 15 heteroatoms. The predicted molar refractivity (Wildman–Crippen MR) is 151 cm³/mol. The number of ether oxygens (including phenoxy) is 3. The fourth-order valence-corrected chi connectivity index (χ4v) is 6.22. The quantitative estimate of drug-likeness (QED) is 0.125. The molecule has 1 fully saturated rings. The molecule has 232 valence electrons. The van der Waals surface area contributed by atoms with Gasteiger partial charge in [-0.15, -0.1) is 0 Å². The normalized spacial score (nSPS) is 29.0. The smallest absolute Gasteiger partial charge is 0.244 e. The maximum Gasteiger partial charge on any atom is 0.244 e. The number of hydrogen-bond donors (Lipinski definition) is 6. The lowest BCUT2D eigenvalue weighted by molar-refractivity contribution is -0.245. The summed E-state index contributed by atoms with van der Waals surface area (Å²) in [6.45, 7) is 2.95. The molecule has 7 N–H and O–H groups in total. The molecule has 14 nitrogen and oxygen atoms in total. The zero-order valence-corrected chi connectivity index (χ0v) is 24.6. The van der Waals surface area contributed by atoms with E-state index in [4.69, 9.17) is 19.9 Å². The molecule has 0 amide bonds. The number of aliphatic hydroxyl groups is 2. The molecule has 6 atom stereocenters. The lowest BCUT2D eigenvalue weighted by Gasteiger charge is -2.42. The Hall–Kier alpha value is -3.60. The molecule has 2 aromatic rings. The summed E-state index contributed by atoms with van der Waals surface area (Å²) in [5, 5.41) is 49.0. The number of benzene rings is 2. The zero-order valence-electron chi connectivity index (χ0n) is 23.8. The third kappa shape index (κ3) is 5.25. The number of nitrogens with zero attached hydrogens (tertiary/aromatic N) is 1. The van der Waals surface area contributed by atoms with Crippen molar-refractivity contribution in [3.8, 4) is 17.2 Å². The van der Waals surface area contributed by atoms with Gasteiger partial charge in [0.25, 0.3) is 0 Å². The van der Waals surface area contributed by atoms with E-state index < -0.39 is 86.9 Å². The number of hydrazone groups is 1. The van der Waals surface area contributed by atoms with E-state index in [1.165, 1.54) is 32.2 Å². The first-order chi connectivity index (χ1) is 20.1. The van der Waals surface area contributed by atoms with Crippen LogP contribution in [0.3, 0.4) is 0 Å². The Morgan fingerprint density at radius 1 is 1.16 bits per heavy atom. The molecule has 1 aliphatic heterocycles. The van der Waals surface area contributed by atoms with Crippen LogP contribution in [0.4, 0.5) is 0 Å². The monoisotopic (exact) mass is 619 g/mol. The van der Waals surface area contributed by atoms with Crippen LogP contribution in [0.5, 0.6) is 17.2 Å². The fraction of sp³-hybridized carbons (Fsp3) is 0.464. The number of aliphatic hydroxyl groups excluding tert-OH is 1. The first kappa shape index (κ1) is 30.8. The number of phenols is 2.